The van der Waals surface area contributed by atoms with E-state index in [-0.39, 0.29) is 18.1 Å². The average Bonchev–Trinajstić information content (AvgIpc) is 2.32. The molecule has 0 aliphatic heterocycles. The highest BCUT2D eigenvalue weighted by Crippen LogP contribution is 2.06. The molecule has 0 bridgehead atoms. The first-order valence-corrected chi connectivity index (χ1v) is 4.43. The highest BCUT2D eigenvalue weighted by molar-refractivity contribution is 6.35. The summed E-state index contributed by atoms with van der Waals surface area (Å²) in [6, 6.07) is 3.32. The van der Waals surface area contributed by atoms with Crippen LogP contribution in [0.5, 0.6) is 5.75 Å². The minimum absolute atomic E-state index is 0.277. The van der Waals surface area contributed by atoms with E-state index in [2.05, 4.69) is 18.1 Å². The van der Waals surface area contributed by atoms with Crippen molar-refractivity contribution in [2.45, 2.75) is 13.3 Å². The van der Waals surface area contributed by atoms with Crippen molar-refractivity contribution < 1.29 is 9.53 Å². The first kappa shape index (κ1) is 13.0. The smallest absolute Gasteiger partial charge is 0.256 e. The molecule has 0 aliphatic carbocycles. The maximum absolute atomic E-state index is 10.9. The molecule has 0 saturated heterocycles. The topological polar surface area (TPSA) is 63.0 Å². The van der Waals surface area contributed by atoms with Crippen LogP contribution in [0.15, 0.2) is 37.7 Å². The van der Waals surface area contributed by atoms with Gasteiger partial charge in [-0.3, -0.25) is 15.2 Å². The second kappa shape index (κ2) is 7.44. The number of carbonyl (C=O) groups excluding carboxylic acids is 1. The number of rotatable bonds is 3. The van der Waals surface area contributed by atoms with Gasteiger partial charge in [-0.1, -0.05) is 6.92 Å². The summed E-state index contributed by atoms with van der Waals surface area (Å²) in [5.41, 5.74) is 0. The predicted molar refractivity (Wildman–Crippen MR) is 59.1 cm³/mol. The van der Waals surface area contributed by atoms with E-state index < -0.39 is 0 Å². The summed E-state index contributed by atoms with van der Waals surface area (Å²) in [4.78, 5) is 14.7. The molecule has 1 aromatic heterocycles. The van der Waals surface area contributed by atoms with Gasteiger partial charge in [-0.25, -0.2) is 0 Å². The molecule has 1 heterocycles. The number of nitrogens with one attached hydrogen (secondary N) is 1. The normalized spacial score (nSPS) is 8.33. The summed E-state index contributed by atoms with van der Waals surface area (Å²) >= 11 is 0. The quantitative estimate of drug-likeness (QED) is 0.468. The number of carbonyl (C=O) groups is 1. The van der Waals surface area contributed by atoms with Crippen molar-refractivity contribution in [3.8, 4) is 5.75 Å². The Balaban J connectivity index is 0.000000921. The van der Waals surface area contributed by atoms with E-state index in [1.807, 2.05) is 0 Å². The second-order valence-electron chi connectivity index (χ2n) is 2.40. The number of Topliss-reactive ketones (excluding diaryl/α,β-unsaturated/α-hetero) is 1. The van der Waals surface area contributed by atoms with Crippen molar-refractivity contribution in [2.24, 2.45) is 0 Å². The van der Waals surface area contributed by atoms with Crippen molar-refractivity contribution in [1.29, 1.82) is 5.41 Å². The molecule has 80 valence electrons. The van der Waals surface area contributed by atoms with Gasteiger partial charge in [0.2, 0.25) is 5.78 Å². The van der Waals surface area contributed by atoms with E-state index in [0.29, 0.717) is 5.75 Å². The lowest BCUT2D eigenvalue weighted by Crippen LogP contribution is -2.18. The zero-order valence-electron chi connectivity index (χ0n) is 8.69. The van der Waals surface area contributed by atoms with Crippen molar-refractivity contribution in [1.82, 2.24) is 4.98 Å². The minimum atomic E-state index is -0.337. The fourth-order valence-electron chi connectivity index (χ4n) is 0.743. The molecule has 1 aromatic rings. The molecule has 0 unspecified atom stereocenters. The van der Waals surface area contributed by atoms with E-state index in [0.717, 1.165) is 0 Å². The van der Waals surface area contributed by atoms with Gasteiger partial charge in [-0.15, -0.1) is 13.2 Å². The Bertz CT molecular complexity index is 323. The van der Waals surface area contributed by atoms with Gasteiger partial charge in [-0.05, 0) is 12.1 Å². The summed E-state index contributed by atoms with van der Waals surface area (Å²) in [6.07, 6.45) is 3.33. The highest BCUT2D eigenvalue weighted by Gasteiger charge is 2.08. The van der Waals surface area contributed by atoms with Crippen LogP contribution in [0.1, 0.15) is 13.3 Å². The maximum Gasteiger partial charge on any atom is 0.256 e. The van der Waals surface area contributed by atoms with Gasteiger partial charge in [-0.2, -0.15) is 0 Å². The van der Waals surface area contributed by atoms with E-state index in [9.17, 15) is 4.79 Å². The largest absolute Gasteiger partial charge is 0.435 e. The van der Waals surface area contributed by atoms with Crippen LogP contribution in [0.25, 0.3) is 0 Å². The maximum atomic E-state index is 10.9. The molecule has 1 rings (SSSR count). The van der Waals surface area contributed by atoms with E-state index in [1.165, 1.54) is 6.20 Å². The van der Waals surface area contributed by atoms with Crippen LogP contribution < -0.4 is 4.74 Å². The molecule has 0 spiro atoms. The number of ketones is 1. The lowest BCUT2D eigenvalue weighted by molar-refractivity contribution is -0.113. The third kappa shape index (κ3) is 4.71. The Morgan fingerprint density at radius 2 is 2.27 bits per heavy atom. The molecule has 4 nitrogen and oxygen atoms in total. The Hall–Kier alpha value is -1.97. The van der Waals surface area contributed by atoms with Gasteiger partial charge < -0.3 is 4.74 Å². The molecule has 0 radical (unpaired) electrons. The van der Waals surface area contributed by atoms with E-state index >= 15 is 0 Å². The lowest BCUT2D eigenvalue weighted by atomic mass is 10.3. The van der Waals surface area contributed by atoms with Crippen LogP contribution in [0.3, 0.4) is 0 Å². The second-order valence-corrected chi connectivity index (χ2v) is 2.40. The zero-order chi connectivity index (χ0) is 11.7. The number of aromatic nitrogens is 1. The fraction of sp³-hybridized carbons (Fsp3) is 0.182. The van der Waals surface area contributed by atoms with Crippen LogP contribution in [-0.2, 0) is 4.79 Å². The third-order valence-corrected chi connectivity index (χ3v) is 1.43. The molecule has 0 aromatic carbocycles. The van der Waals surface area contributed by atoms with Crippen LogP contribution in [0.4, 0.5) is 0 Å². The van der Waals surface area contributed by atoms with Crippen LogP contribution in [0.2, 0.25) is 0 Å². The van der Waals surface area contributed by atoms with Crippen molar-refractivity contribution in [2.75, 3.05) is 0 Å². The number of ether oxygens (including phenoxy) is 1. The van der Waals surface area contributed by atoms with Gasteiger partial charge in [0.1, 0.15) is 5.75 Å². The molecule has 15 heavy (non-hydrogen) atoms. The number of nitrogens with zero attached hydrogens (tertiary/aromatic N) is 1. The van der Waals surface area contributed by atoms with E-state index in [1.54, 1.807) is 25.3 Å². The monoisotopic (exact) mass is 206 g/mol. The van der Waals surface area contributed by atoms with Gasteiger partial charge in [0.25, 0.3) is 5.90 Å². The number of hydrogen-bond donors (Lipinski definition) is 1. The van der Waals surface area contributed by atoms with Gasteiger partial charge in [0.05, 0.1) is 6.20 Å². The first-order valence-electron chi connectivity index (χ1n) is 4.43. The average molecular weight is 206 g/mol. The molecule has 0 saturated carbocycles. The molecule has 0 fully saturated rings. The Kier molecular flexibility index (Phi) is 6.46. The zero-order valence-corrected chi connectivity index (χ0v) is 8.69. The fourth-order valence-corrected chi connectivity index (χ4v) is 0.743. The highest BCUT2D eigenvalue weighted by atomic mass is 16.5. The Labute approximate surface area is 89.1 Å². The van der Waals surface area contributed by atoms with Gasteiger partial charge in [0.15, 0.2) is 0 Å². The summed E-state index contributed by atoms with van der Waals surface area (Å²) in [5, 5.41) is 7.23. The molecular formula is C11H14N2O2. The Morgan fingerprint density at radius 3 is 2.73 bits per heavy atom. The molecule has 0 aliphatic rings. The molecule has 4 heteroatoms. The van der Waals surface area contributed by atoms with E-state index in [4.69, 9.17) is 10.1 Å². The molecule has 1 N–H and O–H groups in total. The molecule has 0 amide bonds. The van der Waals surface area contributed by atoms with Gasteiger partial charge in [0, 0.05) is 12.6 Å². The summed E-state index contributed by atoms with van der Waals surface area (Å²) in [5.74, 6) is -0.242. The predicted octanol–water partition coefficient (Wildman–Crippen LogP) is 2.22. The van der Waals surface area contributed by atoms with Crippen LogP contribution >= 0.6 is 0 Å². The number of pyridine rings is 1. The molecular weight excluding hydrogens is 192 g/mol. The lowest BCUT2D eigenvalue weighted by Gasteiger charge is -2.02. The van der Waals surface area contributed by atoms with Crippen molar-refractivity contribution >= 4 is 11.7 Å². The standard InChI is InChI=1S/C9H10N2O2.C2H4/c1-2-8(12)9(10)13-7-4-3-5-11-6-7;1-2/h3-6,10H,2H2,1H3;1-2H2. The van der Waals surface area contributed by atoms with Crippen LogP contribution in [-0.4, -0.2) is 16.7 Å². The summed E-state index contributed by atoms with van der Waals surface area (Å²) < 4.78 is 4.94. The van der Waals surface area contributed by atoms with Crippen molar-refractivity contribution in [3.63, 3.8) is 0 Å². The number of hydrogen-bond acceptors (Lipinski definition) is 4. The minimum Gasteiger partial charge on any atom is -0.435 e. The third-order valence-electron chi connectivity index (χ3n) is 1.43. The molecule has 0 atom stereocenters. The van der Waals surface area contributed by atoms with Gasteiger partial charge >= 0.3 is 0 Å². The summed E-state index contributed by atoms with van der Waals surface area (Å²) in [7, 11) is 0. The van der Waals surface area contributed by atoms with Crippen LogP contribution in [0, 0.1) is 5.41 Å². The SMILES string of the molecule is C=C.CCC(=O)C(=N)Oc1cccnc1. The summed E-state index contributed by atoms with van der Waals surface area (Å²) in [6.45, 7) is 7.68. The van der Waals surface area contributed by atoms with Crippen molar-refractivity contribution in [3.05, 3.63) is 37.7 Å². The Morgan fingerprint density at radius 1 is 1.60 bits per heavy atom. The first-order chi connectivity index (χ1) is 7.24.